The average Bonchev–Trinajstić information content (AvgIpc) is 2.48. The largest absolute Gasteiger partial charge is 0.463 e. The SMILES string of the molecule is O=C(O)N(O)Cc1ccccc1Nc1cccc(C(F)(F)F)c1. The van der Waals surface area contributed by atoms with Gasteiger partial charge in [-0.15, -0.1) is 0 Å². The normalized spacial score (nSPS) is 11.1. The Morgan fingerprint density at radius 2 is 1.83 bits per heavy atom. The Balaban J connectivity index is 2.25. The van der Waals surface area contributed by atoms with Crippen LogP contribution in [-0.4, -0.2) is 21.5 Å². The highest BCUT2D eigenvalue weighted by atomic mass is 19.4. The van der Waals surface area contributed by atoms with E-state index in [1.165, 1.54) is 12.1 Å². The minimum absolute atomic E-state index is 0.0899. The topological polar surface area (TPSA) is 72.8 Å². The quantitative estimate of drug-likeness (QED) is 0.578. The Kier molecular flexibility index (Phi) is 4.75. The van der Waals surface area contributed by atoms with E-state index in [0.717, 1.165) is 12.1 Å². The number of nitrogens with one attached hydrogen (secondary N) is 1. The lowest BCUT2D eigenvalue weighted by Crippen LogP contribution is -2.25. The van der Waals surface area contributed by atoms with Gasteiger partial charge in [0.1, 0.15) is 0 Å². The van der Waals surface area contributed by atoms with E-state index >= 15 is 0 Å². The highest BCUT2D eigenvalue weighted by molar-refractivity contribution is 5.66. The summed E-state index contributed by atoms with van der Waals surface area (Å²) in [6.45, 7) is -0.322. The molecule has 2 aromatic rings. The molecule has 0 heterocycles. The van der Waals surface area contributed by atoms with Crippen molar-refractivity contribution in [1.29, 1.82) is 0 Å². The molecule has 8 heteroatoms. The summed E-state index contributed by atoms with van der Waals surface area (Å²) >= 11 is 0. The van der Waals surface area contributed by atoms with Gasteiger partial charge in [0.25, 0.3) is 0 Å². The minimum atomic E-state index is -4.46. The Hall–Kier alpha value is -2.74. The summed E-state index contributed by atoms with van der Waals surface area (Å²) in [5.74, 6) is 0. The molecule has 0 bridgehead atoms. The maximum Gasteiger partial charge on any atom is 0.431 e. The molecular weight excluding hydrogens is 313 g/mol. The maximum atomic E-state index is 12.7. The fourth-order valence-corrected chi connectivity index (χ4v) is 1.94. The zero-order valence-corrected chi connectivity index (χ0v) is 11.7. The van der Waals surface area contributed by atoms with Gasteiger partial charge in [-0.3, -0.25) is 5.21 Å². The molecule has 3 N–H and O–H groups in total. The van der Waals surface area contributed by atoms with Gasteiger partial charge in [-0.05, 0) is 29.8 Å². The first-order chi connectivity index (χ1) is 10.8. The molecule has 2 rings (SSSR count). The molecule has 0 aliphatic rings. The van der Waals surface area contributed by atoms with E-state index in [1.54, 1.807) is 24.3 Å². The zero-order valence-electron chi connectivity index (χ0n) is 11.7. The number of hydrogen-bond donors (Lipinski definition) is 3. The maximum absolute atomic E-state index is 12.7. The predicted octanol–water partition coefficient (Wildman–Crippen LogP) is 4.32. The van der Waals surface area contributed by atoms with E-state index in [1.807, 2.05) is 0 Å². The molecule has 0 spiro atoms. The first-order valence-corrected chi connectivity index (χ1v) is 6.49. The fraction of sp³-hybridized carbons (Fsp3) is 0.133. The number of hydrogen-bond acceptors (Lipinski definition) is 3. The van der Waals surface area contributed by atoms with Crippen molar-refractivity contribution in [2.24, 2.45) is 0 Å². The van der Waals surface area contributed by atoms with Gasteiger partial charge in [-0.1, -0.05) is 24.3 Å². The second kappa shape index (κ2) is 6.57. The van der Waals surface area contributed by atoms with Crippen molar-refractivity contribution in [2.75, 3.05) is 5.32 Å². The van der Waals surface area contributed by atoms with E-state index < -0.39 is 17.8 Å². The van der Waals surface area contributed by atoms with E-state index in [0.29, 0.717) is 11.3 Å². The van der Waals surface area contributed by atoms with Crippen molar-refractivity contribution in [3.05, 3.63) is 59.7 Å². The lowest BCUT2D eigenvalue weighted by Gasteiger charge is -2.16. The summed E-state index contributed by atoms with van der Waals surface area (Å²) in [4.78, 5) is 10.7. The number of amides is 1. The fourth-order valence-electron chi connectivity index (χ4n) is 1.94. The number of halogens is 3. The third kappa shape index (κ3) is 4.36. The standard InChI is InChI=1S/C15H13F3N2O3/c16-15(17,18)11-5-3-6-12(8-11)19-13-7-2-1-4-10(13)9-20(23)14(21)22/h1-8,19,23H,9H2,(H,21,22). The zero-order chi connectivity index (χ0) is 17.0. The molecule has 0 fully saturated rings. The smallest absolute Gasteiger partial charge is 0.431 e. The first kappa shape index (κ1) is 16.6. The third-order valence-corrected chi connectivity index (χ3v) is 3.03. The monoisotopic (exact) mass is 326 g/mol. The molecule has 23 heavy (non-hydrogen) atoms. The number of rotatable bonds is 4. The van der Waals surface area contributed by atoms with Crippen molar-refractivity contribution >= 4 is 17.5 Å². The molecule has 122 valence electrons. The number of anilines is 2. The molecule has 2 aromatic carbocycles. The van der Waals surface area contributed by atoms with Crippen molar-refractivity contribution in [3.63, 3.8) is 0 Å². The summed E-state index contributed by atoms with van der Waals surface area (Å²) in [5.41, 5.74) is 0.211. The van der Waals surface area contributed by atoms with Gasteiger partial charge in [-0.2, -0.15) is 18.2 Å². The first-order valence-electron chi connectivity index (χ1n) is 6.49. The highest BCUT2D eigenvalue weighted by Crippen LogP contribution is 2.32. The van der Waals surface area contributed by atoms with Crippen LogP contribution in [0.4, 0.5) is 29.3 Å². The summed E-state index contributed by atoms with van der Waals surface area (Å²) < 4.78 is 38.1. The van der Waals surface area contributed by atoms with E-state index in [4.69, 9.17) is 5.11 Å². The number of nitrogens with zero attached hydrogens (tertiary/aromatic N) is 1. The molecular formula is C15H13F3N2O3. The van der Waals surface area contributed by atoms with Gasteiger partial charge >= 0.3 is 12.3 Å². The minimum Gasteiger partial charge on any atom is -0.463 e. The molecule has 0 atom stereocenters. The summed E-state index contributed by atoms with van der Waals surface area (Å²) in [6, 6.07) is 11.0. The van der Waals surface area contributed by atoms with Crippen LogP contribution in [-0.2, 0) is 12.7 Å². The Morgan fingerprint density at radius 1 is 1.13 bits per heavy atom. The van der Waals surface area contributed by atoms with Crippen LogP contribution in [0.3, 0.4) is 0 Å². The number of benzene rings is 2. The second-order valence-electron chi connectivity index (χ2n) is 4.70. The molecule has 1 amide bonds. The number of carbonyl (C=O) groups is 1. The predicted molar refractivity (Wildman–Crippen MR) is 76.5 cm³/mol. The molecule has 0 aliphatic heterocycles. The van der Waals surface area contributed by atoms with Gasteiger partial charge in [-0.25, -0.2) is 4.79 Å². The summed E-state index contributed by atoms with van der Waals surface area (Å²) in [7, 11) is 0. The molecule has 0 saturated carbocycles. The van der Waals surface area contributed by atoms with Gasteiger partial charge in [0.15, 0.2) is 0 Å². The van der Waals surface area contributed by atoms with E-state index in [9.17, 15) is 23.2 Å². The lowest BCUT2D eigenvalue weighted by atomic mass is 10.1. The second-order valence-corrected chi connectivity index (χ2v) is 4.70. The van der Waals surface area contributed by atoms with Crippen molar-refractivity contribution < 1.29 is 28.3 Å². The number of carboxylic acid groups (broad SMARTS) is 1. The van der Waals surface area contributed by atoms with Crippen LogP contribution in [0.2, 0.25) is 0 Å². The van der Waals surface area contributed by atoms with Crippen LogP contribution in [0, 0.1) is 0 Å². The number of para-hydroxylation sites is 1. The van der Waals surface area contributed by atoms with Crippen LogP contribution in [0.5, 0.6) is 0 Å². The van der Waals surface area contributed by atoms with Crippen LogP contribution in [0.15, 0.2) is 48.5 Å². The number of alkyl halides is 3. The lowest BCUT2D eigenvalue weighted by molar-refractivity contribution is -0.137. The van der Waals surface area contributed by atoms with E-state index in [-0.39, 0.29) is 17.3 Å². The number of hydroxylamine groups is 2. The molecule has 0 aliphatic carbocycles. The highest BCUT2D eigenvalue weighted by Gasteiger charge is 2.30. The van der Waals surface area contributed by atoms with Gasteiger partial charge in [0.2, 0.25) is 0 Å². The average molecular weight is 326 g/mol. The van der Waals surface area contributed by atoms with Crippen molar-refractivity contribution in [3.8, 4) is 0 Å². The molecule has 0 aromatic heterocycles. The van der Waals surface area contributed by atoms with Crippen molar-refractivity contribution in [2.45, 2.75) is 12.7 Å². The molecule has 0 radical (unpaired) electrons. The summed E-state index contributed by atoms with van der Waals surface area (Å²) in [5, 5.41) is 20.8. The van der Waals surface area contributed by atoms with Crippen LogP contribution in [0.1, 0.15) is 11.1 Å². The Bertz CT molecular complexity index is 704. The molecule has 5 nitrogen and oxygen atoms in total. The van der Waals surface area contributed by atoms with Crippen LogP contribution < -0.4 is 5.32 Å². The van der Waals surface area contributed by atoms with Crippen LogP contribution >= 0.6 is 0 Å². The molecule has 0 saturated heterocycles. The third-order valence-electron chi connectivity index (χ3n) is 3.03. The van der Waals surface area contributed by atoms with Crippen LogP contribution in [0.25, 0.3) is 0 Å². The van der Waals surface area contributed by atoms with Crippen molar-refractivity contribution in [1.82, 2.24) is 5.06 Å². The van der Waals surface area contributed by atoms with Gasteiger partial charge in [0, 0.05) is 11.4 Å². The Labute approximate surface area is 129 Å². The van der Waals surface area contributed by atoms with Gasteiger partial charge < -0.3 is 10.4 Å². The molecule has 0 unspecified atom stereocenters. The Morgan fingerprint density at radius 3 is 2.48 bits per heavy atom. The summed E-state index contributed by atoms with van der Waals surface area (Å²) in [6.07, 6.45) is -5.98. The van der Waals surface area contributed by atoms with E-state index in [2.05, 4.69) is 5.32 Å². The van der Waals surface area contributed by atoms with Gasteiger partial charge in [0.05, 0.1) is 12.1 Å².